The Labute approximate surface area is 131 Å². The lowest BCUT2D eigenvalue weighted by molar-refractivity contribution is -0.232. The van der Waals surface area contributed by atoms with Crippen molar-refractivity contribution in [2.24, 2.45) is 5.41 Å². The molecule has 0 N–H and O–H groups in total. The van der Waals surface area contributed by atoms with Crippen LogP contribution in [0.4, 0.5) is 0 Å². The molecule has 0 saturated carbocycles. The third kappa shape index (κ3) is 2.68. The number of hydrogen-bond acceptors (Lipinski definition) is 4. The SMILES string of the molecule is CC(C)(C)[C@]1(C)OC(=O)[C@@](C)(C(CC=O)c2ccccc2)O1. The third-order valence-electron chi connectivity index (χ3n) is 4.66. The van der Waals surface area contributed by atoms with Crippen LogP contribution in [0.25, 0.3) is 0 Å². The maximum absolute atomic E-state index is 12.6. The summed E-state index contributed by atoms with van der Waals surface area (Å²) in [6, 6.07) is 9.49. The summed E-state index contributed by atoms with van der Waals surface area (Å²) in [6.45, 7) is 9.38. The molecule has 0 bridgehead atoms. The smallest absolute Gasteiger partial charge is 0.341 e. The fourth-order valence-corrected chi connectivity index (χ4v) is 2.73. The molecule has 0 aromatic heterocycles. The zero-order chi connectivity index (χ0) is 16.6. The van der Waals surface area contributed by atoms with Gasteiger partial charge >= 0.3 is 5.97 Å². The molecular weight excluding hydrogens is 280 g/mol. The van der Waals surface area contributed by atoms with E-state index < -0.39 is 17.4 Å². The second-order valence-corrected chi connectivity index (χ2v) is 7.16. The van der Waals surface area contributed by atoms with Crippen molar-refractivity contribution in [2.75, 3.05) is 0 Å². The molecule has 2 rings (SSSR count). The quantitative estimate of drug-likeness (QED) is 0.631. The van der Waals surface area contributed by atoms with Crippen molar-refractivity contribution in [1.82, 2.24) is 0 Å². The Hall–Kier alpha value is -1.68. The van der Waals surface area contributed by atoms with Gasteiger partial charge < -0.3 is 14.3 Å². The highest BCUT2D eigenvalue weighted by Gasteiger charge is 2.60. The highest BCUT2D eigenvalue weighted by molar-refractivity contribution is 5.83. The molecule has 1 heterocycles. The summed E-state index contributed by atoms with van der Waals surface area (Å²) in [5.41, 5.74) is -0.653. The third-order valence-corrected chi connectivity index (χ3v) is 4.66. The molecule has 4 nitrogen and oxygen atoms in total. The molecule has 1 aromatic rings. The largest absolute Gasteiger partial charge is 0.431 e. The Morgan fingerprint density at radius 2 is 1.77 bits per heavy atom. The van der Waals surface area contributed by atoms with E-state index in [9.17, 15) is 9.59 Å². The molecule has 1 saturated heterocycles. The molecule has 0 amide bonds. The Balaban J connectivity index is 2.43. The minimum absolute atomic E-state index is 0.204. The van der Waals surface area contributed by atoms with Gasteiger partial charge in [0.2, 0.25) is 5.79 Å². The van der Waals surface area contributed by atoms with E-state index >= 15 is 0 Å². The summed E-state index contributed by atoms with van der Waals surface area (Å²) in [7, 11) is 0. The second-order valence-electron chi connectivity index (χ2n) is 7.16. The van der Waals surface area contributed by atoms with Crippen LogP contribution in [-0.4, -0.2) is 23.6 Å². The van der Waals surface area contributed by atoms with Gasteiger partial charge in [-0.05, 0) is 12.5 Å². The molecule has 1 fully saturated rings. The van der Waals surface area contributed by atoms with Gasteiger partial charge in [0.05, 0.1) is 0 Å². The first kappa shape index (κ1) is 16.7. The van der Waals surface area contributed by atoms with E-state index in [-0.39, 0.29) is 17.8 Å². The van der Waals surface area contributed by atoms with Crippen molar-refractivity contribution in [1.29, 1.82) is 0 Å². The monoisotopic (exact) mass is 304 g/mol. The molecule has 4 heteroatoms. The average Bonchev–Trinajstić information content (AvgIpc) is 2.68. The molecule has 1 aliphatic heterocycles. The normalized spacial score (nSPS) is 30.0. The van der Waals surface area contributed by atoms with Crippen LogP contribution < -0.4 is 0 Å². The Morgan fingerprint density at radius 3 is 2.23 bits per heavy atom. The zero-order valence-corrected chi connectivity index (χ0v) is 13.9. The van der Waals surface area contributed by atoms with Crippen molar-refractivity contribution in [2.45, 2.75) is 58.3 Å². The lowest BCUT2D eigenvalue weighted by atomic mass is 9.81. The standard InChI is InChI=1S/C18H24O4/c1-16(2,3)18(5)21-15(20)17(4,22-18)14(11-12-19)13-9-7-6-8-10-13/h6-10,12,14H,11H2,1-5H3/t14?,17-,18-/m1/s1. The summed E-state index contributed by atoms with van der Waals surface area (Å²) in [6.07, 6.45) is 1.03. The molecule has 1 aliphatic rings. The maximum Gasteiger partial charge on any atom is 0.341 e. The van der Waals surface area contributed by atoms with Crippen LogP contribution in [0.2, 0.25) is 0 Å². The lowest BCUT2D eigenvalue weighted by Crippen LogP contribution is -2.45. The van der Waals surface area contributed by atoms with Gasteiger partial charge in [0.15, 0.2) is 5.60 Å². The van der Waals surface area contributed by atoms with E-state index in [0.717, 1.165) is 11.8 Å². The number of carbonyl (C=O) groups excluding carboxylic acids is 2. The molecule has 1 unspecified atom stereocenters. The number of hydrogen-bond donors (Lipinski definition) is 0. The van der Waals surface area contributed by atoms with E-state index in [1.807, 2.05) is 51.1 Å². The van der Waals surface area contributed by atoms with Crippen LogP contribution in [0, 0.1) is 5.41 Å². The first-order valence-corrected chi connectivity index (χ1v) is 7.56. The number of carbonyl (C=O) groups is 2. The summed E-state index contributed by atoms with van der Waals surface area (Å²) in [5, 5.41) is 0. The van der Waals surface area contributed by atoms with Crippen molar-refractivity contribution in [3.8, 4) is 0 Å². The van der Waals surface area contributed by atoms with E-state index in [1.165, 1.54) is 0 Å². The summed E-state index contributed by atoms with van der Waals surface area (Å²) < 4.78 is 11.8. The Kier molecular flexibility index (Phi) is 4.18. The number of aldehydes is 1. The van der Waals surface area contributed by atoms with Crippen molar-refractivity contribution >= 4 is 12.3 Å². The van der Waals surface area contributed by atoms with Gasteiger partial charge in [-0.2, -0.15) is 0 Å². The zero-order valence-electron chi connectivity index (χ0n) is 13.9. The summed E-state index contributed by atoms with van der Waals surface area (Å²) >= 11 is 0. The van der Waals surface area contributed by atoms with Gasteiger partial charge in [0.25, 0.3) is 0 Å². The topological polar surface area (TPSA) is 52.6 Å². The van der Waals surface area contributed by atoms with Crippen molar-refractivity contribution in [3.63, 3.8) is 0 Å². The maximum atomic E-state index is 12.6. The van der Waals surface area contributed by atoms with E-state index in [4.69, 9.17) is 9.47 Å². The van der Waals surface area contributed by atoms with Crippen LogP contribution in [0.1, 0.15) is 52.5 Å². The highest BCUT2D eigenvalue weighted by atomic mass is 16.8. The molecular formula is C18H24O4. The Bertz CT molecular complexity index is 560. The van der Waals surface area contributed by atoms with Crippen LogP contribution >= 0.6 is 0 Å². The molecule has 1 aromatic carbocycles. The molecule has 120 valence electrons. The molecule has 0 spiro atoms. The average molecular weight is 304 g/mol. The number of rotatable bonds is 4. The fourth-order valence-electron chi connectivity index (χ4n) is 2.73. The first-order valence-electron chi connectivity index (χ1n) is 7.56. The molecule has 3 atom stereocenters. The van der Waals surface area contributed by atoms with Gasteiger partial charge in [-0.15, -0.1) is 0 Å². The van der Waals surface area contributed by atoms with E-state index in [2.05, 4.69) is 0 Å². The minimum Gasteiger partial charge on any atom is -0.431 e. The first-order chi connectivity index (χ1) is 10.1. The number of benzene rings is 1. The van der Waals surface area contributed by atoms with Gasteiger partial charge in [-0.1, -0.05) is 51.1 Å². The number of cyclic esters (lactones) is 1. The summed E-state index contributed by atoms with van der Waals surface area (Å²) in [4.78, 5) is 23.7. The molecule has 0 aliphatic carbocycles. The van der Waals surface area contributed by atoms with E-state index in [0.29, 0.717) is 0 Å². The lowest BCUT2D eigenvalue weighted by Gasteiger charge is -2.38. The van der Waals surface area contributed by atoms with Gasteiger partial charge in [-0.25, -0.2) is 4.79 Å². The van der Waals surface area contributed by atoms with Crippen LogP contribution in [-0.2, 0) is 19.1 Å². The molecule has 22 heavy (non-hydrogen) atoms. The van der Waals surface area contributed by atoms with Gasteiger partial charge in [0.1, 0.15) is 6.29 Å². The van der Waals surface area contributed by atoms with Crippen molar-refractivity contribution in [3.05, 3.63) is 35.9 Å². The Morgan fingerprint density at radius 1 is 1.18 bits per heavy atom. The minimum atomic E-state index is -1.18. The predicted molar refractivity (Wildman–Crippen MR) is 83.3 cm³/mol. The van der Waals surface area contributed by atoms with E-state index in [1.54, 1.807) is 13.8 Å². The predicted octanol–water partition coefficient (Wildman–Crippen LogP) is 3.45. The van der Waals surface area contributed by atoms with Crippen LogP contribution in [0.15, 0.2) is 30.3 Å². The van der Waals surface area contributed by atoms with Gasteiger partial charge in [-0.3, -0.25) is 0 Å². The highest BCUT2D eigenvalue weighted by Crippen LogP contribution is 2.49. The van der Waals surface area contributed by atoms with Crippen LogP contribution in [0.5, 0.6) is 0 Å². The molecule has 0 radical (unpaired) electrons. The van der Waals surface area contributed by atoms with Gasteiger partial charge in [0, 0.05) is 24.7 Å². The summed E-state index contributed by atoms with van der Waals surface area (Å²) in [5.74, 6) is -1.81. The van der Waals surface area contributed by atoms with Crippen LogP contribution in [0.3, 0.4) is 0 Å². The second kappa shape index (κ2) is 5.51. The number of esters is 1. The fraction of sp³-hybridized carbons (Fsp3) is 0.556. The number of ether oxygens (including phenoxy) is 2. The van der Waals surface area contributed by atoms with Crippen molar-refractivity contribution < 1.29 is 19.1 Å².